The first kappa shape index (κ1) is 17.9. The van der Waals surface area contributed by atoms with Crippen molar-refractivity contribution in [2.45, 2.75) is 12.7 Å². The van der Waals surface area contributed by atoms with Gasteiger partial charge in [0.2, 0.25) is 0 Å². The molecule has 1 atom stereocenters. The summed E-state index contributed by atoms with van der Waals surface area (Å²) in [6.07, 6.45) is 1.17. The van der Waals surface area contributed by atoms with E-state index in [1.165, 1.54) is 12.1 Å². The fraction of sp³-hybridized carbons (Fsp3) is 0.0870. The third-order valence-electron chi connectivity index (χ3n) is 4.45. The number of fused-ring (bicyclic) bond motifs is 1. The predicted molar refractivity (Wildman–Crippen MR) is 102 cm³/mol. The summed E-state index contributed by atoms with van der Waals surface area (Å²) in [4.78, 5) is 13.1. The van der Waals surface area contributed by atoms with Gasteiger partial charge in [-0.05, 0) is 41.5 Å². The lowest BCUT2D eigenvalue weighted by molar-refractivity contribution is -0.0498. The van der Waals surface area contributed by atoms with E-state index in [0.29, 0.717) is 22.4 Å². The van der Waals surface area contributed by atoms with Crippen LogP contribution in [-0.4, -0.2) is 12.4 Å². The topological polar surface area (TPSA) is 35.5 Å². The lowest BCUT2D eigenvalue weighted by atomic mass is 9.89. The molecular formula is C23H16F2O3. The van der Waals surface area contributed by atoms with Gasteiger partial charge in [-0.1, -0.05) is 54.6 Å². The SMILES string of the molecule is O=C1/C(=C\c2ccc(OC(F)F)cc2)C(c2ccccc2)Oc2ccccc21. The number of Topliss-reactive ketones (excluding diaryl/α,β-unsaturated/α-hetero) is 1. The fourth-order valence-electron chi connectivity index (χ4n) is 3.16. The molecule has 0 N–H and O–H groups in total. The van der Waals surface area contributed by atoms with Crippen LogP contribution >= 0.6 is 0 Å². The number of carbonyl (C=O) groups is 1. The van der Waals surface area contributed by atoms with Crippen molar-refractivity contribution in [3.63, 3.8) is 0 Å². The molecule has 0 bridgehead atoms. The zero-order chi connectivity index (χ0) is 19.5. The van der Waals surface area contributed by atoms with Crippen molar-refractivity contribution in [2.75, 3.05) is 0 Å². The number of alkyl halides is 2. The highest BCUT2D eigenvalue weighted by atomic mass is 19.3. The van der Waals surface area contributed by atoms with Gasteiger partial charge >= 0.3 is 6.61 Å². The Morgan fingerprint density at radius 3 is 2.29 bits per heavy atom. The minimum absolute atomic E-state index is 0.0633. The number of hydrogen-bond donors (Lipinski definition) is 0. The van der Waals surface area contributed by atoms with Crippen LogP contribution in [0.15, 0.2) is 84.4 Å². The van der Waals surface area contributed by atoms with Crippen molar-refractivity contribution >= 4 is 11.9 Å². The lowest BCUT2D eigenvalue weighted by Gasteiger charge is -2.28. The van der Waals surface area contributed by atoms with Gasteiger partial charge in [0, 0.05) is 5.57 Å². The van der Waals surface area contributed by atoms with E-state index in [2.05, 4.69) is 4.74 Å². The largest absolute Gasteiger partial charge is 0.480 e. The van der Waals surface area contributed by atoms with Gasteiger partial charge in [0.1, 0.15) is 11.5 Å². The number of ether oxygens (including phenoxy) is 2. The highest BCUT2D eigenvalue weighted by Gasteiger charge is 2.32. The normalized spacial score (nSPS) is 17.3. The van der Waals surface area contributed by atoms with Crippen LogP contribution in [-0.2, 0) is 0 Å². The molecule has 1 aliphatic heterocycles. The van der Waals surface area contributed by atoms with Gasteiger partial charge in [0.25, 0.3) is 0 Å². The molecule has 1 aliphatic rings. The number of hydrogen-bond acceptors (Lipinski definition) is 3. The summed E-state index contributed by atoms with van der Waals surface area (Å²) >= 11 is 0. The maximum Gasteiger partial charge on any atom is 0.387 e. The van der Waals surface area contributed by atoms with Gasteiger partial charge in [0.05, 0.1) is 5.56 Å². The first-order valence-electron chi connectivity index (χ1n) is 8.73. The van der Waals surface area contributed by atoms with Gasteiger partial charge in [0.15, 0.2) is 11.9 Å². The molecular weight excluding hydrogens is 362 g/mol. The van der Waals surface area contributed by atoms with E-state index in [1.54, 1.807) is 36.4 Å². The van der Waals surface area contributed by atoms with Crippen LogP contribution in [0.1, 0.15) is 27.6 Å². The average Bonchev–Trinajstić information content (AvgIpc) is 2.71. The Kier molecular flexibility index (Phi) is 4.89. The Balaban J connectivity index is 1.75. The summed E-state index contributed by atoms with van der Waals surface area (Å²) in [7, 11) is 0. The Morgan fingerprint density at radius 2 is 1.57 bits per heavy atom. The molecule has 1 heterocycles. The van der Waals surface area contributed by atoms with Crippen LogP contribution in [0.3, 0.4) is 0 Å². The molecule has 5 heteroatoms. The third kappa shape index (κ3) is 3.64. The highest BCUT2D eigenvalue weighted by molar-refractivity contribution is 6.14. The number of halogens is 2. The van der Waals surface area contributed by atoms with E-state index in [9.17, 15) is 13.6 Å². The predicted octanol–water partition coefficient (Wildman–Crippen LogP) is 5.69. The summed E-state index contributed by atoms with van der Waals surface area (Å²) in [6, 6.07) is 22.7. The summed E-state index contributed by atoms with van der Waals surface area (Å²) in [6.45, 7) is -2.88. The molecule has 0 radical (unpaired) electrons. The second-order valence-electron chi connectivity index (χ2n) is 6.28. The monoisotopic (exact) mass is 378 g/mol. The van der Waals surface area contributed by atoms with Gasteiger partial charge in [-0.25, -0.2) is 0 Å². The van der Waals surface area contributed by atoms with Gasteiger partial charge in [-0.15, -0.1) is 0 Å². The Labute approximate surface area is 160 Å². The summed E-state index contributed by atoms with van der Waals surface area (Å²) in [5.41, 5.74) is 2.52. The van der Waals surface area contributed by atoms with Crippen molar-refractivity contribution in [3.8, 4) is 11.5 Å². The number of ketones is 1. The Morgan fingerprint density at radius 1 is 0.893 bits per heavy atom. The van der Waals surface area contributed by atoms with E-state index in [0.717, 1.165) is 5.56 Å². The van der Waals surface area contributed by atoms with Crippen LogP contribution in [0.25, 0.3) is 6.08 Å². The van der Waals surface area contributed by atoms with Crippen LogP contribution < -0.4 is 9.47 Å². The molecule has 140 valence electrons. The number of carbonyl (C=O) groups excluding carboxylic acids is 1. The fourth-order valence-corrected chi connectivity index (χ4v) is 3.16. The summed E-state index contributed by atoms with van der Waals surface area (Å²) in [5, 5.41) is 0. The standard InChI is InChI=1S/C23H16F2O3/c24-23(25)27-17-12-10-15(11-13-17)14-19-21(26)18-8-4-5-9-20(18)28-22(19)16-6-2-1-3-7-16/h1-14,22-23H/b19-14+. The van der Waals surface area contributed by atoms with Crippen molar-refractivity contribution < 1.29 is 23.0 Å². The van der Waals surface area contributed by atoms with Crippen molar-refractivity contribution in [1.29, 1.82) is 0 Å². The lowest BCUT2D eigenvalue weighted by Crippen LogP contribution is -2.23. The number of rotatable bonds is 4. The second-order valence-corrected chi connectivity index (χ2v) is 6.28. The minimum atomic E-state index is -2.88. The second kappa shape index (κ2) is 7.64. The van der Waals surface area contributed by atoms with Gasteiger partial charge in [-0.2, -0.15) is 8.78 Å². The minimum Gasteiger partial charge on any atom is -0.480 e. The molecule has 0 aromatic heterocycles. The molecule has 28 heavy (non-hydrogen) atoms. The zero-order valence-electron chi connectivity index (χ0n) is 14.7. The maximum absolute atomic E-state index is 13.1. The van der Waals surface area contributed by atoms with Crippen molar-refractivity contribution in [2.24, 2.45) is 0 Å². The zero-order valence-corrected chi connectivity index (χ0v) is 14.7. The molecule has 1 unspecified atom stereocenters. The summed E-state index contributed by atoms with van der Waals surface area (Å²) < 4.78 is 35.2. The van der Waals surface area contributed by atoms with E-state index >= 15 is 0 Å². The molecule has 0 saturated carbocycles. The van der Waals surface area contributed by atoms with E-state index < -0.39 is 12.7 Å². The Hall–Kier alpha value is -3.47. The highest BCUT2D eigenvalue weighted by Crippen LogP contribution is 2.39. The van der Waals surface area contributed by atoms with Crippen molar-refractivity contribution in [3.05, 3.63) is 101 Å². The molecule has 3 aromatic rings. The number of benzene rings is 3. The quantitative estimate of drug-likeness (QED) is 0.547. The molecule has 4 rings (SSSR count). The van der Waals surface area contributed by atoms with Crippen LogP contribution in [0, 0.1) is 0 Å². The van der Waals surface area contributed by atoms with E-state index in [4.69, 9.17) is 4.74 Å². The van der Waals surface area contributed by atoms with Gasteiger partial charge < -0.3 is 9.47 Å². The molecule has 3 nitrogen and oxygen atoms in total. The van der Waals surface area contributed by atoms with Crippen LogP contribution in [0.5, 0.6) is 11.5 Å². The third-order valence-corrected chi connectivity index (χ3v) is 4.45. The molecule has 3 aromatic carbocycles. The summed E-state index contributed by atoms with van der Waals surface area (Å²) in [5.74, 6) is 0.483. The molecule has 0 fully saturated rings. The maximum atomic E-state index is 13.1. The van der Waals surface area contributed by atoms with Crippen LogP contribution in [0.4, 0.5) is 8.78 Å². The average molecular weight is 378 g/mol. The molecule has 0 spiro atoms. The first-order valence-corrected chi connectivity index (χ1v) is 8.73. The number of para-hydroxylation sites is 1. The molecule has 0 saturated heterocycles. The first-order chi connectivity index (χ1) is 13.6. The van der Waals surface area contributed by atoms with E-state index in [1.807, 2.05) is 36.4 Å². The van der Waals surface area contributed by atoms with Crippen molar-refractivity contribution in [1.82, 2.24) is 0 Å². The smallest absolute Gasteiger partial charge is 0.387 e. The molecule has 0 aliphatic carbocycles. The molecule has 0 amide bonds. The Bertz CT molecular complexity index is 1010. The van der Waals surface area contributed by atoms with E-state index in [-0.39, 0.29) is 11.5 Å². The van der Waals surface area contributed by atoms with Gasteiger partial charge in [-0.3, -0.25) is 4.79 Å². The van der Waals surface area contributed by atoms with Crippen LogP contribution in [0.2, 0.25) is 0 Å².